The molecule has 2 unspecified atom stereocenters. The molecule has 4 rings (SSSR count). The van der Waals surface area contributed by atoms with Crippen molar-refractivity contribution in [2.24, 2.45) is 0 Å². The third-order valence-corrected chi connectivity index (χ3v) is 5.18. The first-order valence-corrected chi connectivity index (χ1v) is 7.94. The molecule has 0 saturated carbocycles. The van der Waals surface area contributed by atoms with Gasteiger partial charge in [0.25, 0.3) is 0 Å². The van der Waals surface area contributed by atoms with Gasteiger partial charge >= 0.3 is 0 Å². The van der Waals surface area contributed by atoms with E-state index in [0.717, 1.165) is 37.1 Å². The molecule has 3 nitrogen and oxygen atoms in total. The molecule has 4 N–H and O–H groups in total. The van der Waals surface area contributed by atoms with Gasteiger partial charge in [0.2, 0.25) is 0 Å². The Hall–Kier alpha value is -2.29. The summed E-state index contributed by atoms with van der Waals surface area (Å²) in [4.78, 5) is 13.1. The first kappa shape index (κ1) is 13.4. The number of hydrogen-bond acceptors (Lipinski definition) is 3. The standard InChI is InChI=1S/C19H20N2O/c20-13-3-7-15-11(9-13)1-5-17(15)19(22)18-6-2-12-10-14(21)4-8-16(12)18/h3-4,7-10,17-18H,1-2,5-6,20-21H2. The van der Waals surface area contributed by atoms with E-state index < -0.39 is 0 Å². The van der Waals surface area contributed by atoms with Crippen LogP contribution in [0.4, 0.5) is 11.4 Å². The fraction of sp³-hybridized carbons (Fsp3) is 0.316. The highest BCUT2D eigenvalue weighted by Gasteiger charge is 2.36. The molecule has 2 aliphatic carbocycles. The zero-order valence-corrected chi connectivity index (χ0v) is 12.5. The van der Waals surface area contributed by atoms with E-state index in [0.29, 0.717) is 5.78 Å². The molecule has 0 radical (unpaired) electrons. The normalized spacial score (nSPS) is 22.4. The number of nitrogens with two attached hydrogens (primary N) is 2. The molecular formula is C19H20N2O. The maximum Gasteiger partial charge on any atom is 0.147 e. The van der Waals surface area contributed by atoms with Crippen LogP contribution in [-0.4, -0.2) is 5.78 Å². The van der Waals surface area contributed by atoms with Crippen molar-refractivity contribution in [3.63, 3.8) is 0 Å². The summed E-state index contributed by atoms with van der Waals surface area (Å²) < 4.78 is 0. The Labute approximate surface area is 130 Å². The lowest BCUT2D eigenvalue weighted by Crippen LogP contribution is -2.17. The maximum absolute atomic E-state index is 13.1. The summed E-state index contributed by atoms with van der Waals surface area (Å²) in [7, 11) is 0. The highest BCUT2D eigenvalue weighted by molar-refractivity contribution is 5.93. The fourth-order valence-corrected chi connectivity index (χ4v) is 4.11. The van der Waals surface area contributed by atoms with Gasteiger partial charge in [0.1, 0.15) is 5.78 Å². The van der Waals surface area contributed by atoms with Crippen LogP contribution in [0.25, 0.3) is 0 Å². The van der Waals surface area contributed by atoms with E-state index in [1.165, 1.54) is 22.3 Å². The van der Waals surface area contributed by atoms with Crippen molar-refractivity contribution in [1.82, 2.24) is 0 Å². The minimum Gasteiger partial charge on any atom is -0.399 e. The van der Waals surface area contributed by atoms with Gasteiger partial charge in [0.05, 0.1) is 0 Å². The summed E-state index contributed by atoms with van der Waals surface area (Å²) in [6.07, 6.45) is 3.74. The Morgan fingerprint density at radius 2 is 1.27 bits per heavy atom. The molecule has 112 valence electrons. The van der Waals surface area contributed by atoms with Crippen LogP contribution in [-0.2, 0) is 17.6 Å². The first-order chi connectivity index (χ1) is 10.6. The molecule has 0 saturated heterocycles. The Kier molecular flexibility index (Phi) is 2.96. The van der Waals surface area contributed by atoms with E-state index in [9.17, 15) is 4.79 Å². The van der Waals surface area contributed by atoms with Crippen molar-refractivity contribution in [1.29, 1.82) is 0 Å². The Balaban J connectivity index is 1.66. The SMILES string of the molecule is Nc1ccc2c(c1)CCC2C(=O)C1CCc2cc(N)ccc21. The molecule has 0 heterocycles. The number of anilines is 2. The van der Waals surface area contributed by atoms with Crippen molar-refractivity contribution >= 4 is 17.2 Å². The van der Waals surface area contributed by atoms with Gasteiger partial charge in [-0.05, 0) is 72.2 Å². The largest absolute Gasteiger partial charge is 0.399 e. The molecule has 2 atom stereocenters. The Morgan fingerprint density at radius 1 is 0.818 bits per heavy atom. The number of hydrogen-bond donors (Lipinski definition) is 2. The molecular weight excluding hydrogens is 272 g/mol. The second kappa shape index (κ2) is 4.87. The number of rotatable bonds is 2. The van der Waals surface area contributed by atoms with Gasteiger partial charge in [-0.25, -0.2) is 0 Å². The van der Waals surface area contributed by atoms with E-state index in [4.69, 9.17) is 11.5 Å². The van der Waals surface area contributed by atoms with Gasteiger partial charge in [-0.2, -0.15) is 0 Å². The lowest BCUT2D eigenvalue weighted by atomic mass is 9.85. The molecule has 0 fully saturated rings. The van der Waals surface area contributed by atoms with Crippen LogP contribution in [0, 0.1) is 0 Å². The summed E-state index contributed by atoms with van der Waals surface area (Å²) in [5.41, 5.74) is 18.1. The lowest BCUT2D eigenvalue weighted by molar-refractivity contribution is -0.121. The Bertz CT molecular complexity index is 703. The number of benzene rings is 2. The van der Waals surface area contributed by atoms with Gasteiger partial charge in [-0.3, -0.25) is 4.79 Å². The van der Waals surface area contributed by atoms with Crippen molar-refractivity contribution in [2.75, 3.05) is 11.5 Å². The average molecular weight is 292 g/mol. The summed E-state index contributed by atoms with van der Waals surface area (Å²) in [6, 6.07) is 11.9. The van der Waals surface area contributed by atoms with Crippen molar-refractivity contribution < 1.29 is 4.79 Å². The number of fused-ring (bicyclic) bond motifs is 2. The topological polar surface area (TPSA) is 69.1 Å². The Morgan fingerprint density at radius 3 is 1.73 bits per heavy atom. The van der Waals surface area contributed by atoms with E-state index in [2.05, 4.69) is 0 Å². The molecule has 0 amide bonds. The van der Waals surface area contributed by atoms with E-state index >= 15 is 0 Å². The molecule has 2 aliphatic rings. The third kappa shape index (κ3) is 2.00. The van der Waals surface area contributed by atoms with Crippen molar-refractivity contribution in [3.8, 4) is 0 Å². The highest BCUT2D eigenvalue weighted by Crippen LogP contribution is 2.42. The smallest absolute Gasteiger partial charge is 0.147 e. The quantitative estimate of drug-likeness (QED) is 0.835. The zero-order valence-electron chi connectivity index (χ0n) is 12.5. The van der Waals surface area contributed by atoms with Crippen molar-refractivity contribution in [2.45, 2.75) is 37.5 Å². The fourth-order valence-electron chi connectivity index (χ4n) is 4.11. The van der Waals surface area contributed by atoms with E-state index in [1.54, 1.807) is 0 Å². The second-order valence-corrected chi connectivity index (χ2v) is 6.50. The summed E-state index contributed by atoms with van der Waals surface area (Å²) in [5, 5.41) is 0. The van der Waals surface area contributed by atoms with Gasteiger partial charge < -0.3 is 11.5 Å². The molecule has 2 aromatic rings. The number of nitrogen functional groups attached to an aromatic ring is 2. The van der Waals surface area contributed by atoms with Gasteiger partial charge in [0, 0.05) is 23.2 Å². The van der Waals surface area contributed by atoms with Crippen LogP contribution in [0.15, 0.2) is 36.4 Å². The van der Waals surface area contributed by atoms with Crippen LogP contribution < -0.4 is 11.5 Å². The summed E-state index contributed by atoms with van der Waals surface area (Å²) in [6.45, 7) is 0. The molecule has 0 bridgehead atoms. The molecule has 2 aromatic carbocycles. The summed E-state index contributed by atoms with van der Waals surface area (Å²) >= 11 is 0. The molecule has 0 spiro atoms. The predicted octanol–water partition coefficient (Wildman–Crippen LogP) is 3.18. The van der Waals surface area contributed by atoms with Crippen LogP contribution in [0.3, 0.4) is 0 Å². The van der Waals surface area contributed by atoms with Crippen LogP contribution >= 0.6 is 0 Å². The van der Waals surface area contributed by atoms with Gasteiger partial charge in [-0.1, -0.05) is 12.1 Å². The number of carbonyl (C=O) groups is 1. The number of aryl methyl sites for hydroxylation is 2. The van der Waals surface area contributed by atoms with Crippen LogP contribution in [0.1, 0.15) is 46.9 Å². The predicted molar refractivity (Wildman–Crippen MR) is 88.8 cm³/mol. The molecule has 0 aromatic heterocycles. The number of carbonyl (C=O) groups excluding carboxylic acids is 1. The molecule has 22 heavy (non-hydrogen) atoms. The van der Waals surface area contributed by atoms with Gasteiger partial charge in [-0.15, -0.1) is 0 Å². The zero-order chi connectivity index (χ0) is 15.3. The van der Waals surface area contributed by atoms with Crippen molar-refractivity contribution in [3.05, 3.63) is 58.7 Å². The number of Topliss-reactive ketones (excluding diaryl/α,β-unsaturated/α-hetero) is 1. The number of ketones is 1. The monoisotopic (exact) mass is 292 g/mol. The van der Waals surface area contributed by atoms with E-state index in [-0.39, 0.29) is 11.8 Å². The minimum absolute atomic E-state index is 0.0316. The lowest BCUT2D eigenvalue weighted by Gasteiger charge is -2.17. The van der Waals surface area contributed by atoms with Crippen LogP contribution in [0.5, 0.6) is 0 Å². The maximum atomic E-state index is 13.1. The van der Waals surface area contributed by atoms with Gasteiger partial charge in [0.15, 0.2) is 0 Å². The summed E-state index contributed by atoms with van der Waals surface area (Å²) in [5.74, 6) is 0.431. The first-order valence-electron chi connectivity index (χ1n) is 7.94. The van der Waals surface area contributed by atoms with Crippen LogP contribution in [0.2, 0.25) is 0 Å². The second-order valence-electron chi connectivity index (χ2n) is 6.50. The third-order valence-electron chi connectivity index (χ3n) is 5.18. The highest BCUT2D eigenvalue weighted by atomic mass is 16.1. The average Bonchev–Trinajstić information content (AvgIpc) is 3.09. The van der Waals surface area contributed by atoms with E-state index in [1.807, 2.05) is 36.4 Å². The molecule has 3 heteroatoms. The molecule has 0 aliphatic heterocycles. The minimum atomic E-state index is 0.0316.